The van der Waals surface area contributed by atoms with Crippen molar-refractivity contribution in [3.05, 3.63) is 145 Å². The van der Waals surface area contributed by atoms with Gasteiger partial charge in [0.25, 0.3) is 0 Å². The largest absolute Gasteiger partial charge is 0.507 e. The fourth-order valence-corrected chi connectivity index (χ4v) is 6.09. The minimum atomic E-state index is 0.192. The molecular formula is C38H26N4O. The first-order valence-electron chi connectivity index (χ1n) is 14.2. The van der Waals surface area contributed by atoms with Crippen LogP contribution in [0.15, 0.2) is 133 Å². The fourth-order valence-electron chi connectivity index (χ4n) is 6.09. The van der Waals surface area contributed by atoms with Crippen LogP contribution < -0.4 is 5.32 Å². The molecule has 0 atom stereocenters. The number of hydrogen-bond donors (Lipinski definition) is 4. The van der Waals surface area contributed by atoms with E-state index >= 15 is 0 Å². The first kappa shape index (κ1) is 24.8. The summed E-state index contributed by atoms with van der Waals surface area (Å²) in [5, 5.41) is 29.1. The smallest absolute Gasteiger partial charge is 0.124 e. The van der Waals surface area contributed by atoms with Crippen LogP contribution in [0, 0.1) is 5.41 Å². The van der Waals surface area contributed by atoms with Gasteiger partial charge in [-0.1, -0.05) is 91.0 Å². The Balaban J connectivity index is 1.27. The second-order valence-corrected chi connectivity index (χ2v) is 10.7. The molecule has 0 saturated heterocycles. The molecule has 0 spiro atoms. The van der Waals surface area contributed by atoms with Gasteiger partial charge in [0, 0.05) is 44.1 Å². The van der Waals surface area contributed by atoms with Gasteiger partial charge in [0.1, 0.15) is 5.75 Å². The topological polar surface area (TPSA) is 84.8 Å². The van der Waals surface area contributed by atoms with Crippen LogP contribution in [0.4, 0.5) is 11.4 Å². The number of nitrogens with one attached hydrogen (secondary N) is 3. The van der Waals surface area contributed by atoms with E-state index in [2.05, 4.69) is 52.8 Å². The molecule has 5 heteroatoms. The number of para-hydroxylation sites is 4. The van der Waals surface area contributed by atoms with Gasteiger partial charge >= 0.3 is 0 Å². The number of pyridine rings is 1. The van der Waals surface area contributed by atoms with Crippen LogP contribution in [0.2, 0.25) is 0 Å². The van der Waals surface area contributed by atoms with Crippen LogP contribution >= 0.6 is 0 Å². The van der Waals surface area contributed by atoms with Gasteiger partial charge < -0.3 is 15.4 Å². The highest BCUT2D eigenvalue weighted by atomic mass is 16.3. The number of nitrogens with zero attached hydrogens (tertiary/aromatic N) is 1. The predicted molar refractivity (Wildman–Crippen MR) is 178 cm³/mol. The second-order valence-electron chi connectivity index (χ2n) is 10.7. The summed E-state index contributed by atoms with van der Waals surface area (Å²) in [5.74, 6) is 0.192. The first-order valence-corrected chi connectivity index (χ1v) is 14.2. The number of aromatic amines is 1. The van der Waals surface area contributed by atoms with Gasteiger partial charge in [-0.25, -0.2) is 4.98 Å². The van der Waals surface area contributed by atoms with Crippen molar-refractivity contribution in [3.8, 4) is 17.0 Å². The van der Waals surface area contributed by atoms with E-state index < -0.39 is 0 Å². The van der Waals surface area contributed by atoms with E-state index in [-0.39, 0.29) is 5.75 Å². The number of phenolic OH excluding ortho intramolecular Hbond substituents is 1. The normalized spacial score (nSPS) is 11.4. The highest BCUT2D eigenvalue weighted by Gasteiger charge is 2.19. The van der Waals surface area contributed by atoms with Crippen LogP contribution in [0.25, 0.3) is 54.7 Å². The molecule has 0 unspecified atom stereocenters. The van der Waals surface area contributed by atoms with E-state index in [1.54, 1.807) is 12.1 Å². The Labute approximate surface area is 247 Å². The number of hydrogen-bond acceptors (Lipinski definition) is 4. The molecule has 0 fully saturated rings. The zero-order chi connectivity index (χ0) is 28.9. The Morgan fingerprint density at radius 3 is 2.28 bits per heavy atom. The first-order chi connectivity index (χ1) is 21.2. The Bertz CT molecular complexity index is 2370. The van der Waals surface area contributed by atoms with Gasteiger partial charge in [-0.05, 0) is 53.2 Å². The number of benzene rings is 6. The lowest BCUT2D eigenvalue weighted by Crippen LogP contribution is -2.07. The lowest BCUT2D eigenvalue weighted by atomic mass is 9.94. The average Bonchev–Trinajstić information content (AvgIpc) is 3.45. The molecule has 0 bridgehead atoms. The molecule has 8 rings (SSSR count). The molecule has 0 amide bonds. The van der Waals surface area contributed by atoms with Crippen molar-refractivity contribution in [2.24, 2.45) is 0 Å². The number of fused-ring (bicyclic) bond motifs is 6. The monoisotopic (exact) mass is 554 g/mol. The van der Waals surface area contributed by atoms with Crippen molar-refractivity contribution in [2.75, 3.05) is 5.32 Å². The summed E-state index contributed by atoms with van der Waals surface area (Å²) in [6.07, 6.45) is 0. The van der Waals surface area contributed by atoms with Gasteiger partial charge in [-0.3, -0.25) is 5.41 Å². The number of phenols is 1. The standard InChI is InChI=1S/C38H26N4O/c39-36(29-22-24-10-1-2-12-25(24)35-27-14-3-6-16-30(27)42-38(29)35)28-15-4-7-17-31(28)40-33-18-9-11-23-20-21-32(41-37(23)33)26-13-5-8-19-34(26)43/h1-22,39-40,42-43H. The summed E-state index contributed by atoms with van der Waals surface area (Å²) in [6, 6.07) is 43.9. The number of aromatic hydroxyl groups is 1. The van der Waals surface area contributed by atoms with E-state index in [4.69, 9.17) is 4.98 Å². The Morgan fingerprint density at radius 1 is 0.651 bits per heavy atom. The molecule has 0 saturated carbocycles. The SMILES string of the molecule is N=C(c1ccccc1Nc1cccc2ccc(-c3ccccc3O)nc12)c1cc2ccccc2c2c1[nH]c1ccccc12. The van der Waals surface area contributed by atoms with Gasteiger partial charge in [0.05, 0.1) is 28.1 Å². The van der Waals surface area contributed by atoms with Crippen LogP contribution in [0.1, 0.15) is 11.1 Å². The molecule has 2 heterocycles. The maximum atomic E-state index is 10.5. The molecule has 2 aromatic heterocycles. The summed E-state index contributed by atoms with van der Waals surface area (Å²) in [4.78, 5) is 8.57. The highest BCUT2D eigenvalue weighted by Crippen LogP contribution is 2.37. The zero-order valence-corrected chi connectivity index (χ0v) is 23.1. The average molecular weight is 555 g/mol. The molecule has 0 aliphatic rings. The minimum absolute atomic E-state index is 0.192. The minimum Gasteiger partial charge on any atom is -0.507 e. The van der Waals surface area contributed by atoms with E-state index in [0.717, 1.165) is 60.6 Å². The number of aromatic nitrogens is 2. The van der Waals surface area contributed by atoms with Crippen LogP contribution in [0.5, 0.6) is 5.75 Å². The van der Waals surface area contributed by atoms with Crippen molar-refractivity contribution >= 4 is 60.6 Å². The zero-order valence-electron chi connectivity index (χ0n) is 23.1. The maximum Gasteiger partial charge on any atom is 0.124 e. The second kappa shape index (κ2) is 9.86. The number of anilines is 2. The van der Waals surface area contributed by atoms with Crippen LogP contribution in [0.3, 0.4) is 0 Å². The third-order valence-corrected chi connectivity index (χ3v) is 8.14. The quantitative estimate of drug-likeness (QED) is 0.160. The summed E-state index contributed by atoms with van der Waals surface area (Å²) in [7, 11) is 0. The maximum absolute atomic E-state index is 10.5. The summed E-state index contributed by atoms with van der Waals surface area (Å²) < 4.78 is 0. The Hall–Kier alpha value is -5.94. The number of rotatable bonds is 5. The molecular weight excluding hydrogens is 528 g/mol. The van der Waals surface area contributed by atoms with Crippen molar-refractivity contribution < 1.29 is 5.11 Å². The Morgan fingerprint density at radius 2 is 1.37 bits per heavy atom. The number of H-pyrrole nitrogens is 1. The third kappa shape index (κ3) is 4.10. The molecule has 43 heavy (non-hydrogen) atoms. The lowest BCUT2D eigenvalue weighted by molar-refractivity contribution is 0.477. The van der Waals surface area contributed by atoms with E-state index in [1.165, 1.54) is 5.39 Å². The van der Waals surface area contributed by atoms with Crippen molar-refractivity contribution in [1.29, 1.82) is 5.41 Å². The molecule has 0 radical (unpaired) electrons. The molecule has 204 valence electrons. The Kier molecular flexibility index (Phi) is 5.69. The van der Waals surface area contributed by atoms with E-state index in [0.29, 0.717) is 17.0 Å². The van der Waals surface area contributed by atoms with Crippen molar-refractivity contribution in [3.63, 3.8) is 0 Å². The van der Waals surface area contributed by atoms with Crippen LogP contribution in [-0.4, -0.2) is 20.8 Å². The predicted octanol–water partition coefficient (Wildman–Crippen LogP) is 9.55. The van der Waals surface area contributed by atoms with E-state index in [1.807, 2.05) is 78.9 Å². The lowest BCUT2D eigenvalue weighted by Gasteiger charge is -2.16. The molecule has 6 aromatic carbocycles. The summed E-state index contributed by atoms with van der Waals surface area (Å²) >= 11 is 0. The van der Waals surface area contributed by atoms with Gasteiger partial charge in [-0.15, -0.1) is 0 Å². The summed E-state index contributed by atoms with van der Waals surface area (Å²) in [6.45, 7) is 0. The molecule has 0 aliphatic carbocycles. The van der Waals surface area contributed by atoms with Gasteiger partial charge in [-0.2, -0.15) is 0 Å². The third-order valence-electron chi connectivity index (χ3n) is 8.14. The molecule has 0 aliphatic heterocycles. The van der Waals surface area contributed by atoms with Crippen molar-refractivity contribution in [1.82, 2.24) is 9.97 Å². The fraction of sp³-hybridized carbons (Fsp3) is 0. The highest BCUT2D eigenvalue weighted by molar-refractivity contribution is 6.29. The van der Waals surface area contributed by atoms with Crippen LogP contribution in [-0.2, 0) is 0 Å². The van der Waals surface area contributed by atoms with E-state index in [9.17, 15) is 10.5 Å². The molecule has 5 nitrogen and oxygen atoms in total. The van der Waals surface area contributed by atoms with Crippen molar-refractivity contribution in [2.45, 2.75) is 0 Å². The molecule has 4 N–H and O–H groups in total. The van der Waals surface area contributed by atoms with Gasteiger partial charge in [0.2, 0.25) is 0 Å². The van der Waals surface area contributed by atoms with Gasteiger partial charge in [0.15, 0.2) is 0 Å². The summed E-state index contributed by atoms with van der Waals surface area (Å²) in [5.41, 5.74) is 7.86. The molecule has 8 aromatic rings.